The molecule has 2 rings (SSSR count). The minimum Gasteiger partial charge on any atom is -0.478 e. The lowest BCUT2D eigenvalue weighted by Gasteiger charge is -2.25. The number of nitrogens with zero attached hydrogens (tertiary/aromatic N) is 2. The number of rotatable bonds is 7. The normalized spacial score (nSPS) is 22.2. The second-order valence-electron chi connectivity index (χ2n) is 6.63. The highest BCUT2D eigenvalue weighted by Crippen LogP contribution is 2.31. The molecule has 118 valence electrons. The highest BCUT2D eigenvalue weighted by molar-refractivity contribution is 5.15. The Balaban J connectivity index is 1.84. The lowest BCUT2D eigenvalue weighted by Crippen LogP contribution is -2.13. The van der Waals surface area contributed by atoms with E-state index >= 15 is 0 Å². The first-order chi connectivity index (χ1) is 10.2. The molecule has 1 aromatic heterocycles. The van der Waals surface area contributed by atoms with Gasteiger partial charge in [0, 0.05) is 18.2 Å². The molecule has 0 unspecified atom stereocenters. The molecule has 21 heavy (non-hydrogen) atoms. The van der Waals surface area contributed by atoms with E-state index in [9.17, 15) is 0 Å². The molecule has 1 aromatic rings. The number of hydrogen-bond acceptors (Lipinski definition) is 3. The molecule has 3 heteroatoms. The van der Waals surface area contributed by atoms with Gasteiger partial charge in [0.1, 0.15) is 5.82 Å². The van der Waals surface area contributed by atoms with Crippen molar-refractivity contribution in [1.82, 2.24) is 9.97 Å². The highest BCUT2D eigenvalue weighted by Gasteiger charge is 2.18. The third kappa shape index (κ3) is 5.64. The molecule has 0 aliphatic heterocycles. The first-order valence-electron chi connectivity index (χ1n) is 8.64. The zero-order valence-electron chi connectivity index (χ0n) is 13.9. The molecule has 3 nitrogen and oxygen atoms in total. The minimum atomic E-state index is 0.753. The van der Waals surface area contributed by atoms with Crippen LogP contribution in [0.25, 0.3) is 0 Å². The number of aryl methyl sites for hydroxylation is 2. The van der Waals surface area contributed by atoms with Crippen molar-refractivity contribution < 1.29 is 4.74 Å². The molecule has 1 fully saturated rings. The maximum absolute atomic E-state index is 5.72. The molecule has 0 atom stereocenters. The van der Waals surface area contributed by atoms with Gasteiger partial charge in [-0.15, -0.1) is 0 Å². The van der Waals surface area contributed by atoms with Crippen LogP contribution in [0.15, 0.2) is 6.07 Å². The van der Waals surface area contributed by atoms with Crippen molar-refractivity contribution in [3.8, 4) is 5.88 Å². The van der Waals surface area contributed by atoms with E-state index in [0.717, 1.165) is 55.1 Å². The van der Waals surface area contributed by atoms with E-state index in [1.54, 1.807) is 0 Å². The number of hydrogen-bond donors (Lipinski definition) is 0. The SMILES string of the molecule is CCCCOc1cc(C)nc(CCC2CCC(C)CC2)n1. The van der Waals surface area contributed by atoms with Crippen molar-refractivity contribution in [2.45, 2.75) is 72.1 Å². The Bertz CT molecular complexity index is 425. The summed E-state index contributed by atoms with van der Waals surface area (Å²) in [6.07, 6.45) is 10.0. The average molecular weight is 290 g/mol. The van der Waals surface area contributed by atoms with Gasteiger partial charge in [0.25, 0.3) is 0 Å². The van der Waals surface area contributed by atoms with E-state index in [0.29, 0.717) is 0 Å². The maximum atomic E-state index is 5.72. The summed E-state index contributed by atoms with van der Waals surface area (Å²) in [4.78, 5) is 9.14. The van der Waals surface area contributed by atoms with Crippen LogP contribution in [0.1, 0.15) is 70.3 Å². The van der Waals surface area contributed by atoms with E-state index in [4.69, 9.17) is 4.74 Å². The van der Waals surface area contributed by atoms with Gasteiger partial charge < -0.3 is 4.74 Å². The number of unbranched alkanes of at least 4 members (excludes halogenated alkanes) is 1. The Morgan fingerprint density at radius 2 is 1.95 bits per heavy atom. The van der Waals surface area contributed by atoms with Gasteiger partial charge in [0.2, 0.25) is 5.88 Å². The van der Waals surface area contributed by atoms with Crippen molar-refractivity contribution >= 4 is 0 Å². The Morgan fingerprint density at radius 3 is 2.67 bits per heavy atom. The quantitative estimate of drug-likeness (QED) is 0.681. The molecular formula is C18H30N2O. The molecule has 0 aromatic carbocycles. The average Bonchev–Trinajstić information content (AvgIpc) is 2.46. The third-order valence-corrected chi connectivity index (χ3v) is 4.54. The summed E-state index contributed by atoms with van der Waals surface area (Å²) in [5.74, 6) is 3.51. The summed E-state index contributed by atoms with van der Waals surface area (Å²) >= 11 is 0. The van der Waals surface area contributed by atoms with Crippen LogP contribution in [0.5, 0.6) is 5.88 Å². The lowest BCUT2D eigenvalue weighted by atomic mass is 9.81. The van der Waals surface area contributed by atoms with Gasteiger partial charge in [-0.1, -0.05) is 46.0 Å². The monoisotopic (exact) mass is 290 g/mol. The van der Waals surface area contributed by atoms with Crippen molar-refractivity contribution in [3.05, 3.63) is 17.6 Å². The molecule has 1 aliphatic rings. The fourth-order valence-corrected chi connectivity index (χ4v) is 3.06. The summed E-state index contributed by atoms with van der Waals surface area (Å²) in [6, 6.07) is 1.95. The Labute approximate surface area is 129 Å². The molecule has 0 radical (unpaired) electrons. The van der Waals surface area contributed by atoms with E-state index < -0.39 is 0 Å². The molecule has 1 saturated carbocycles. The van der Waals surface area contributed by atoms with Crippen LogP contribution in [0.4, 0.5) is 0 Å². The summed E-state index contributed by atoms with van der Waals surface area (Å²) in [5.41, 5.74) is 1.02. The molecular weight excluding hydrogens is 260 g/mol. The predicted molar refractivity (Wildman–Crippen MR) is 86.6 cm³/mol. The Kier molecular flexibility index (Phi) is 6.47. The lowest BCUT2D eigenvalue weighted by molar-refractivity contribution is 0.275. The van der Waals surface area contributed by atoms with Crippen molar-refractivity contribution in [1.29, 1.82) is 0 Å². The van der Waals surface area contributed by atoms with Gasteiger partial charge in [0.05, 0.1) is 6.61 Å². The van der Waals surface area contributed by atoms with E-state index in [1.807, 2.05) is 13.0 Å². The molecule has 0 saturated heterocycles. The molecule has 0 N–H and O–H groups in total. The van der Waals surface area contributed by atoms with Crippen molar-refractivity contribution in [2.75, 3.05) is 6.61 Å². The van der Waals surface area contributed by atoms with Crippen LogP contribution < -0.4 is 4.74 Å². The van der Waals surface area contributed by atoms with Crippen molar-refractivity contribution in [2.24, 2.45) is 11.8 Å². The van der Waals surface area contributed by atoms with Gasteiger partial charge >= 0.3 is 0 Å². The fraction of sp³-hybridized carbons (Fsp3) is 0.778. The van der Waals surface area contributed by atoms with Crippen LogP contribution in [-0.2, 0) is 6.42 Å². The predicted octanol–water partition coefficient (Wildman–Crippen LogP) is 4.72. The van der Waals surface area contributed by atoms with Crippen molar-refractivity contribution in [3.63, 3.8) is 0 Å². The van der Waals surface area contributed by atoms with Crippen LogP contribution in [0.2, 0.25) is 0 Å². The van der Waals surface area contributed by atoms with Gasteiger partial charge in [-0.25, -0.2) is 4.98 Å². The molecule has 1 aliphatic carbocycles. The van der Waals surface area contributed by atoms with Gasteiger partial charge in [-0.2, -0.15) is 4.98 Å². The smallest absolute Gasteiger partial charge is 0.216 e. The van der Waals surface area contributed by atoms with Gasteiger partial charge in [0.15, 0.2) is 0 Å². The fourth-order valence-electron chi connectivity index (χ4n) is 3.06. The largest absolute Gasteiger partial charge is 0.478 e. The molecule has 0 amide bonds. The van der Waals surface area contributed by atoms with Crippen LogP contribution in [0.3, 0.4) is 0 Å². The summed E-state index contributed by atoms with van der Waals surface area (Å²) in [5, 5.41) is 0. The summed E-state index contributed by atoms with van der Waals surface area (Å²) < 4.78 is 5.72. The topological polar surface area (TPSA) is 35.0 Å². The standard InChI is InChI=1S/C18H30N2O/c1-4-5-12-21-18-13-15(3)19-17(20-18)11-10-16-8-6-14(2)7-9-16/h13-14,16H,4-12H2,1-3H3. The van der Waals surface area contributed by atoms with E-state index in [1.165, 1.54) is 32.1 Å². The van der Waals surface area contributed by atoms with E-state index in [-0.39, 0.29) is 0 Å². The minimum absolute atomic E-state index is 0.753. The van der Waals surface area contributed by atoms with Gasteiger partial charge in [-0.05, 0) is 31.6 Å². The second-order valence-corrected chi connectivity index (χ2v) is 6.63. The Hall–Kier alpha value is -1.12. The molecule has 0 spiro atoms. The highest BCUT2D eigenvalue weighted by atomic mass is 16.5. The first-order valence-corrected chi connectivity index (χ1v) is 8.64. The molecule has 0 bridgehead atoms. The molecule has 1 heterocycles. The van der Waals surface area contributed by atoms with Crippen LogP contribution in [0, 0.1) is 18.8 Å². The van der Waals surface area contributed by atoms with Crippen LogP contribution in [-0.4, -0.2) is 16.6 Å². The first kappa shape index (κ1) is 16.3. The van der Waals surface area contributed by atoms with Gasteiger partial charge in [-0.3, -0.25) is 0 Å². The maximum Gasteiger partial charge on any atom is 0.216 e. The number of aromatic nitrogens is 2. The second kappa shape index (κ2) is 8.35. The summed E-state index contributed by atoms with van der Waals surface area (Å²) in [7, 11) is 0. The van der Waals surface area contributed by atoms with Crippen LogP contribution >= 0.6 is 0 Å². The van der Waals surface area contributed by atoms with E-state index in [2.05, 4.69) is 23.8 Å². The Morgan fingerprint density at radius 1 is 1.19 bits per heavy atom. The number of ether oxygens (including phenoxy) is 1. The zero-order valence-corrected chi connectivity index (χ0v) is 13.9. The summed E-state index contributed by atoms with van der Waals surface area (Å²) in [6.45, 7) is 7.33. The third-order valence-electron chi connectivity index (χ3n) is 4.54. The zero-order chi connectivity index (χ0) is 15.1.